The summed E-state index contributed by atoms with van der Waals surface area (Å²) >= 11 is 0. The van der Waals surface area contributed by atoms with Gasteiger partial charge in [0.15, 0.2) is 0 Å². The Morgan fingerprint density at radius 3 is 2.65 bits per heavy atom. The van der Waals surface area contributed by atoms with Gasteiger partial charge in [-0.3, -0.25) is 20.8 Å². The van der Waals surface area contributed by atoms with Crippen LogP contribution in [0.15, 0.2) is 12.1 Å². The van der Waals surface area contributed by atoms with Crippen molar-refractivity contribution in [1.82, 2.24) is 4.90 Å². The van der Waals surface area contributed by atoms with Crippen molar-refractivity contribution in [3.8, 4) is 0 Å². The van der Waals surface area contributed by atoms with Crippen LogP contribution in [0.2, 0.25) is 0 Å². The number of hydrogen-bond acceptors (Lipinski definition) is 6. The van der Waals surface area contributed by atoms with Crippen molar-refractivity contribution in [3.63, 3.8) is 0 Å². The molecule has 0 aromatic heterocycles. The van der Waals surface area contributed by atoms with Crippen LogP contribution in [0.1, 0.15) is 22.8 Å². The van der Waals surface area contributed by atoms with Gasteiger partial charge in [0.1, 0.15) is 5.69 Å². The first-order valence-corrected chi connectivity index (χ1v) is 6.12. The lowest BCUT2D eigenvalue weighted by Gasteiger charge is -2.21. The quantitative estimate of drug-likeness (QED) is 0.400. The molecule has 0 aliphatic heterocycles. The zero-order valence-corrected chi connectivity index (χ0v) is 11.4. The fourth-order valence-electron chi connectivity index (χ4n) is 1.89. The molecule has 0 saturated carbocycles. The number of likely N-dealkylation sites (N-methyl/N-ethyl adjacent to an activating group) is 1. The van der Waals surface area contributed by atoms with E-state index in [9.17, 15) is 14.9 Å². The lowest BCUT2D eigenvalue weighted by molar-refractivity contribution is -0.384. The smallest absolute Gasteiger partial charge is 0.294 e. The van der Waals surface area contributed by atoms with Crippen LogP contribution in [0.3, 0.4) is 0 Å². The molecule has 0 unspecified atom stereocenters. The Balaban J connectivity index is 3.27. The van der Waals surface area contributed by atoms with E-state index in [4.69, 9.17) is 10.9 Å². The number of amides is 1. The molecule has 8 heteroatoms. The Hall–Kier alpha value is -2.19. The van der Waals surface area contributed by atoms with Crippen molar-refractivity contribution in [1.29, 1.82) is 0 Å². The monoisotopic (exact) mass is 282 g/mol. The number of rotatable bonds is 6. The number of aliphatic hydroxyl groups is 1. The summed E-state index contributed by atoms with van der Waals surface area (Å²) in [6.45, 7) is 3.86. The van der Waals surface area contributed by atoms with E-state index in [1.807, 2.05) is 0 Å². The van der Waals surface area contributed by atoms with Crippen molar-refractivity contribution in [2.45, 2.75) is 13.8 Å². The first-order chi connectivity index (χ1) is 9.46. The molecule has 0 fully saturated rings. The van der Waals surface area contributed by atoms with Crippen molar-refractivity contribution in [2.75, 3.05) is 25.1 Å². The van der Waals surface area contributed by atoms with E-state index in [0.717, 1.165) is 0 Å². The highest BCUT2D eigenvalue weighted by Gasteiger charge is 2.22. The second-order valence-corrected chi connectivity index (χ2v) is 4.19. The third-order valence-electron chi connectivity index (χ3n) is 2.96. The summed E-state index contributed by atoms with van der Waals surface area (Å²) in [6, 6.07) is 2.66. The number of nitrogen functional groups attached to an aromatic ring is 1. The van der Waals surface area contributed by atoms with Gasteiger partial charge in [0.2, 0.25) is 0 Å². The molecule has 0 spiro atoms. The molecule has 110 valence electrons. The maximum Gasteiger partial charge on any atom is 0.294 e. The summed E-state index contributed by atoms with van der Waals surface area (Å²) in [4.78, 5) is 24.1. The molecule has 1 aromatic carbocycles. The zero-order valence-electron chi connectivity index (χ0n) is 11.4. The summed E-state index contributed by atoms with van der Waals surface area (Å²) < 4.78 is 0. The number of nitro benzene ring substituents is 1. The Morgan fingerprint density at radius 2 is 2.20 bits per heavy atom. The van der Waals surface area contributed by atoms with Crippen LogP contribution in [-0.2, 0) is 0 Å². The number of nitrogens with one attached hydrogen (secondary N) is 1. The Morgan fingerprint density at radius 1 is 1.55 bits per heavy atom. The van der Waals surface area contributed by atoms with Crippen LogP contribution in [-0.4, -0.2) is 40.5 Å². The largest absolute Gasteiger partial charge is 0.395 e. The van der Waals surface area contributed by atoms with Gasteiger partial charge >= 0.3 is 0 Å². The molecule has 0 saturated heterocycles. The summed E-state index contributed by atoms with van der Waals surface area (Å²) in [5.74, 6) is 4.88. The molecule has 4 N–H and O–H groups in total. The topological polar surface area (TPSA) is 122 Å². The third kappa shape index (κ3) is 3.22. The van der Waals surface area contributed by atoms with Gasteiger partial charge in [0, 0.05) is 24.7 Å². The number of hydrogen-bond donors (Lipinski definition) is 3. The maximum absolute atomic E-state index is 12.3. The normalized spacial score (nSPS) is 10.2. The Labute approximate surface area is 116 Å². The number of nitrogens with zero attached hydrogens (tertiary/aromatic N) is 2. The summed E-state index contributed by atoms with van der Waals surface area (Å²) in [5, 5.41) is 19.9. The molecule has 0 atom stereocenters. The van der Waals surface area contributed by atoms with Crippen LogP contribution in [0.25, 0.3) is 0 Å². The van der Waals surface area contributed by atoms with Gasteiger partial charge in [-0.05, 0) is 25.5 Å². The molecule has 1 rings (SSSR count). The van der Waals surface area contributed by atoms with Crippen LogP contribution >= 0.6 is 0 Å². The highest BCUT2D eigenvalue weighted by atomic mass is 16.6. The predicted octanol–water partition coefficient (Wildman–Crippen LogP) is 0.643. The fourth-order valence-corrected chi connectivity index (χ4v) is 1.89. The standard InChI is InChI=1S/C12H18N4O4/c1-3-15(4-5-17)12(18)9-7-11(16(19)20)10(14-13)6-8(9)2/h6-7,14,17H,3-5,13H2,1-2H3. The molecule has 20 heavy (non-hydrogen) atoms. The van der Waals surface area contributed by atoms with Crippen LogP contribution < -0.4 is 11.3 Å². The number of hydrazine groups is 1. The number of carbonyl (C=O) groups excluding carboxylic acids is 1. The van der Waals surface area contributed by atoms with Gasteiger partial charge in [-0.25, -0.2) is 0 Å². The lowest BCUT2D eigenvalue weighted by atomic mass is 10.0. The molecule has 0 heterocycles. The average Bonchev–Trinajstić information content (AvgIpc) is 2.43. The number of nitrogens with two attached hydrogens (primary N) is 1. The Bertz CT molecular complexity index is 518. The second-order valence-electron chi connectivity index (χ2n) is 4.19. The molecule has 8 nitrogen and oxygen atoms in total. The molecule has 1 aromatic rings. The Kier molecular flexibility index (Phi) is 5.42. The number of anilines is 1. The highest BCUT2D eigenvalue weighted by molar-refractivity contribution is 5.97. The highest BCUT2D eigenvalue weighted by Crippen LogP contribution is 2.28. The number of benzene rings is 1. The van der Waals surface area contributed by atoms with E-state index in [-0.39, 0.29) is 36.0 Å². The van der Waals surface area contributed by atoms with Gasteiger partial charge in [0.05, 0.1) is 11.5 Å². The van der Waals surface area contributed by atoms with Gasteiger partial charge in [-0.2, -0.15) is 0 Å². The van der Waals surface area contributed by atoms with Crippen LogP contribution in [0.4, 0.5) is 11.4 Å². The van der Waals surface area contributed by atoms with Crippen molar-refractivity contribution in [3.05, 3.63) is 33.4 Å². The predicted molar refractivity (Wildman–Crippen MR) is 74.3 cm³/mol. The van der Waals surface area contributed by atoms with E-state index in [1.54, 1.807) is 13.8 Å². The lowest BCUT2D eigenvalue weighted by Crippen LogP contribution is -2.33. The molecular weight excluding hydrogens is 264 g/mol. The van der Waals surface area contributed by atoms with Gasteiger partial charge in [-0.15, -0.1) is 0 Å². The summed E-state index contributed by atoms with van der Waals surface area (Å²) in [6.07, 6.45) is 0. The van der Waals surface area contributed by atoms with E-state index in [1.165, 1.54) is 17.0 Å². The summed E-state index contributed by atoms with van der Waals surface area (Å²) in [7, 11) is 0. The van der Waals surface area contributed by atoms with E-state index in [2.05, 4.69) is 5.43 Å². The number of aliphatic hydroxyl groups excluding tert-OH is 1. The third-order valence-corrected chi connectivity index (χ3v) is 2.96. The van der Waals surface area contributed by atoms with E-state index < -0.39 is 4.92 Å². The van der Waals surface area contributed by atoms with Gasteiger partial charge in [-0.1, -0.05) is 0 Å². The molecule has 0 radical (unpaired) electrons. The molecule has 0 aliphatic rings. The maximum atomic E-state index is 12.3. The second kappa shape index (κ2) is 6.83. The van der Waals surface area contributed by atoms with Crippen molar-refractivity contribution in [2.24, 2.45) is 5.84 Å². The minimum atomic E-state index is -0.603. The molecule has 0 aliphatic carbocycles. The summed E-state index contributed by atoms with van der Waals surface area (Å²) in [5.41, 5.74) is 2.93. The number of carbonyl (C=O) groups is 1. The zero-order chi connectivity index (χ0) is 15.3. The minimum Gasteiger partial charge on any atom is -0.395 e. The van der Waals surface area contributed by atoms with E-state index in [0.29, 0.717) is 12.1 Å². The van der Waals surface area contributed by atoms with E-state index >= 15 is 0 Å². The minimum absolute atomic E-state index is 0.147. The van der Waals surface area contributed by atoms with Crippen LogP contribution in [0.5, 0.6) is 0 Å². The SMILES string of the molecule is CCN(CCO)C(=O)c1cc([N+](=O)[O-])c(NN)cc1C. The van der Waals surface area contributed by atoms with Crippen LogP contribution in [0, 0.1) is 17.0 Å². The van der Waals surface area contributed by atoms with Gasteiger partial charge in [0.25, 0.3) is 11.6 Å². The average molecular weight is 282 g/mol. The van der Waals surface area contributed by atoms with Gasteiger partial charge < -0.3 is 15.4 Å². The molecular formula is C12H18N4O4. The first-order valence-electron chi connectivity index (χ1n) is 6.12. The number of aryl methyl sites for hydroxylation is 1. The molecule has 1 amide bonds. The fraction of sp³-hybridized carbons (Fsp3) is 0.417. The first kappa shape index (κ1) is 15.9. The molecule has 0 bridgehead atoms. The van der Waals surface area contributed by atoms with Crippen molar-refractivity contribution < 1.29 is 14.8 Å². The van der Waals surface area contributed by atoms with Crippen molar-refractivity contribution >= 4 is 17.3 Å². The number of nitro groups is 1.